The number of aromatic nitrogens is 1. The molecule has 5 nitrogen and oxygen atoms in total. The van der Waals surface area contributed by atoms with E-state index in [1.165, 1.54) is 6.26 Å². The molecule has 0 saturated carbocycles. The highest BCUT2D eigenvalue weighted by molar-refractivity contribution is 6.30. The summed E-state index contributed by atoms with van der Waals surface area (Å²) in [6.07, 6.45) is 3.78. The lowest BCUT2D eigenvalue weighted by Crippen LogP contribution is -2.40. The van der Waals surface area contributed by atoms with E-state index in [0.717, 1.165) is 24.9 Å². The minimum Gasteiger partial charge on any atom is -0.444 e. The maximum atomic E-state index is 12.3. The fourth-order valence-electron chi connectivity index (χ4n) is 2.78. The minimum atomic E-state index is 0.0592. The number of hydrogen-bond donors (Lipinski definition) is 1. The summed E-state index contributed by atoms with van der Waals surface area (Å²) in [5, 5.41) is 0.660. The van der Waals surface area contributed by atoms with Crippen LogP contribution in [0, 0.1) is 0 Å². The van der Waals surface area contributed by atoms with Crippen LogP contribution in [0.2, 0.25) is 5.02 Å². The maximum absolute atomic E-state index is 12.3. The van der Waals surface area contributed by atoms with E-state index >= 15 is 0 Å². The van der Waals surface area contributed by atoms with Crippen molar-refractivity contribution in [2.45, 2.75) is 25.3 Å². The van der Waals surface area contributed by atoms with Crippen molar-refractivity contribution in [2.24, 2.45) is 5.73 Å². The summed E-state index contributed by atoms with van der Waals surface area (Å²) in [6.45, 7) is 1.29. The van der Waals surface area contributed by atoms with Gasteiger partial charge in [-0.15, -0.1) is 0 Å². The second kappa shape index (κ2) is 6.50. The Morgan fingerprint density at radius 2 is 2.18 bits per heavy atom. The summed E-state index contributed by atoms with van der Waals surface area (Å²) < 4.78 is 5.46. The summed E-state index contributed by atoms with van der Waals surface area (Å²) in [5.41, 5.74) is 7.18. The Morgan fingerprint density at radius 1 is 1.41 bits per heavy atom. The third-order valence-electron chi connectivity index (χ3n) is 3.94. The number of halogens is 1. The van der Waals surface area contributed by atoms with Crippen LogP contribution in [-0.4, -0.2) is 34.9 Å². The minimum absolute atomic E-state index is 0.0592. The van der Waals surface area contributed by atoms with Gasteiger partial charge in [-0.3, -0.25) is 4.79 Å². The van der Waals surface area contributed by atoms with Gasteiger partial charge >= 0.3 is 0 Å². The summed E-state index contributed by atoms with van der Waals surface area (Å²) in [6, 6.07) is 7.40. The van der Waals surface area contributed by atoms with Gasteiger partial charge in [0.15, 0.2) is 0 Å². The van der Waals surface area contributed by atoms with E-state index in [1.807, 2.05) is 17.0 Å². The Labute approximate surface area is 134 Å². The van der Waals surface area contributed by atoms with E-state index in [9.17, 15) is 4.79 Å². The SMILES string of the molecule is NC[C@H]1CCCN1C(=O)Cc1coc(-c2ccc(Cl)cc2)n1. The number of carbonyl (C=O) groups excluding carboxylic acids is 1. The molecule has 1 atom stereocenters. The van der Waals surface area contributed by atoms with E-state index in [-0.39, 0.29) is 18.4 Å². The largest absolute Gasteiger partial charge is 0.444 e. The van der Waals surface area contributed by atoms with Gasteiger partial charge < -0.3 is 15.1 Å². The smallest absolute Gasteiger partial charge is 0.229 e. The number of rotatable bonds is 4. The molecule has 0 spiro atoms. The topological polar surface area (TPSA) is 72.4 Å². The summed E-state index contributed by atoms with van der Waals surface area (Å²) in [7, 11) is 0. The highest BCUT2D eigenvalue weighted by atomic mass is 35.5. The molecule has 0 unspecified atom stereocenters. The van der Waals surface area contributed by atoms with Crippen LogP contribution in [0.15, 0.2) is 34.9 Å². The van der Waals surface area contributed by atoms with Crippen molar-refractivity contribution in [3.8, 4) is 11.5 Å². The number of carbonyl (C=O) groups is 1. The normalized spacial score (nSPS) is 17.9. The van der Waals surface area contributed by atoms with Gasteiger partial charge in [-0.05, 0) is 37.1 Å². The van der Waals surface area contributed by atoms with E-state index in [0.29, 0.717) is 23.2 Å². The van der Waals surface area contributed by atoms with Crippen molar-refractivity contribution >= 4 is 17.5 Å². The quantitative estimate of drug-likeness (QED) is 0.939. The van der Waals surface area contributed by atoms with Gasteiger partial charge in [0.1, 0.15) is 6.26 Å². The lowest BCUT2D eigenvalue weighted by Gasteiger charge is -2.22. The average molecular weight is 320 g/mol. The molecule has 0 aliphatic carbocycles. The van der Waals surface area contributed by atoms with Gasteiger partial charge in [0, 0.05) is 29.7 Å². The Bertz CT molecular complexity index is 654. The molecule has 2 heterocycles. The van der Waals surface area contributed by atoms with Crippen molar-refractivity contribution in [1.29, 1.82) is 0 Å². The molecule has 0 radical (unpaired) electrons. The van der Waals surface area contributed by atoms with Crippen LogP contribution in [-0.2, 0) is 11.2 Å². The first-order chi connectivity index (χ1) is 10.7. The zero-order chi connectivity index (χ0) is 15.5. The van der Waals surface area contributed by atoms with Gasteiger partial charge in [0.2, 0.25) is 11.8 Å². The van der Waals surface area contributed by atoms with Crippen LogP contribution in [0.3, 0.4) is 0 Å². The van der Waals surface area contributed by atoms with Gasteiger partial charge in [-0.1, -0.05) is 11.6 Å². The molecule has 1 aliphatic rings. The molecule has 1 aromatic heterocycles. The fourth-order valence-corrected chi connectivity index (χ4v) is 2.90. The van der Waals surface area contributed by atoms with Gasteiger partial charge in [0.05, 0.1) is 12.1 Å². The molecule has 1 aromatic carbocycles. The zero-order valence-electron chi connectivity index (χ0n) is 12.2. The highest BCUT2D eigenvalue weighted by Crippen LogP contribution is 2.22. The Hall–Kier alpha value is -1.85. The number of benzene rings is 1. The molecule has 1 amide bonds. The first kappa shape index (κ1) is 15.1. The maximum Gasteiger partial charge on any atom is 0.229 e. The first-order valence-electron chi connectivity index (χ1n) is 7.37. The molecular formula is C16H18ClN3O2. The standard InChI is InChI=1S/C16H18ClN3O2/c17-12-5-3-11(4-6-12)16-19-13(10-22-16)8-15(21)20-7-1-2-14(20)9-18/h3-6,10,14H,1-2,7-9,18H2/t14-/m1/s1. The Balaban J connectivity index is 1.69. The molecule has 116 valence electrons. The van der Waals surface area contributed by atoms with Gasteiger partial charge in [0.25, 0.3) is 0 Å². The molecule has 2 N–H and O–H groups in total. The van der Waals surface area contributed by atoms with Crippen LogP contribution in [0.4, 0.5) is 0 Å². The molecule has 6 heteroatoms. The van der Waals surface area contributed by atoms with Crippen molar-refractivity contribution in [2.75, 3.05) is 13.1 Å². The number of oxazole rings is 1. The third kappa shape index (κ3) is 3.15. The van der Waals surface area contributed by atoms with E-state index in [2.05, 4.69) is 4.98 Å². The molecular weight excluding hydrogens is 302 g/mol. The van der Waals surface area contributed by atoms with Crippen molar-refractivity contribution in [3.63, 3.8) is 0 Å². The van der Waals surface area contributed by atoms with Crippen molar-refractivity contribution in [3.05, 3.63) is 41.2 Å². The molecule has 0 bridgehead atoms. The molecule has 1 fully saturated rings. The number of hydrogen-bond acceptors (Lipinski definition) is 4. The lowest BCUT2D eigenvalue weighted by atomic mass is 10.2. The second-order valence-corrected chi connectivity index (χ2v) is 5.88. The molecule has 2 aromatic rings. The lowest BCUT2D eigenvalue weighted by molar-refractivity contribution is -0.131. The number of nitrogens with zero attached hydrogens (tertiary/aromatic N) is 2. The van der Waals surface area contributed by atoms with Crippen molar-refractivity contribution < 1.29 is 9.21 Å². The third-order valence-corrected chi connectivity index (χ3v) is 4.20. The monoisotopic (exact) mass is 319 g/mol. The van der Waals surface area contributed by atoms with E-state index < -0.39 is 0 Å². The van der Waals surface area contributed by atoms with Crippen molar-refractivity contribution in [1.82, 2.24) is 9.88 Å². The Morgan fingerprint density at radius 3 is 2.91 bits per heavy atom. The predicted octanol–water partition coefficient (Wildman–Crippen LogP) is 2.49. The summed E-state index contributed by atoms with van der Waals surface area (Å²) >= 11 is 5.86. The van der Waals surface area contributed by atoms with Gasteiger partial charge in [-0.2, -0.15) is 0 Å². The van der Waals surface area contributed by atoms with Crippen LogP contribution in [0.5, 0.6) is 0 Å². The van der Waals surface area contributed by atoms with Crippen LogP contribution in [0.25, 0.3) is 11.5 Å². The summed E-state index contributed by atoms with van der Waals surface area (Å²) in [4.78, 5) is 18.6. The first-order valence-corrected chi connectivity index (χ1v) is 7.75. The highest BCUT2D eigenvalue weighted by Gasteiger charge is 2.27. The fraction of sp³-hybridized carbons (Fsp3) is 0.375. The number of amides is 1. The van der Waals surface area contributed by atoms with Crippen LogP contribution < -0.4 is 5.73 Å². The number of likely N-dealkylation sites (tertiary alicyclic amines) is 1. The van der Waals surface area contributed by atoms with Crippen LogP contribution in [0.1, 0.15) is 18.5 Å². The molecule has 22 heavy (non-hydrogen) atoms. The van der Waals surface area contributed by atoms with E-state index in [1.54, 1.807) is 12.1 Å². The predicted molar refractivity (Wildman–Crippen MR) is 84.4 cm³/mol. The zero-order valence-corrected chi connectivity index (χ0v) is 12.9. The molecule has 1 saturated heterocycles. The van der Waals surface area contributed by atoms with Gasteiger partial charge in [-0.25, -0.2) is 4.98 Å². The van der Waals surface area contributed by atoms with Crippen LogP contribution >= 0.6 is 11.6 Å². The molecule has 3 rings (SSSR count). The Kier molecular flexibility index (Phi) is 4.45. The average Bonchev–Trinajstić information content (AvgIpc) is 3.16. The molecule has 1 aliphatic heterocycles. The van der Waals surface area contributed by atoms with E-state index in [4.69, 9.17) is 21.8 Å². The summed E-state index contributed by atoms with van der Waals surface area (Å²) in [5.74, 6) is 0.556. The second-order valence-electron chi connectivity index (χ2n) is 5.45. The number of nitrogens with two attached hydrogens (primary N) is 1.